The molecule has 24 heavy (non-hydrogen) atoms. The molecule has 5 nitrogen and oxygen atoms in total. The molecule has 1 aliphatic heterocycles. The number of aryl methyl sites for hydroxylation is 1. The van der Waals surface area contributed by atoms with Crippen LogP contribution in [0.5, 0.6) is 0 Å². The Bertz CT molecular complexity index is 846. The maximum atomic E-state index is 4.63. The first-order valence-corrected chi connectivity index (χ1v) is 8.57. The maximum absolute atomic E-state index is 4.63. The summed E-state index contributed by atoms with van der Waals surface area (Å²) in [6.45, 7) is 4.35. The Morgan fingerprint density at radius 1 is 1.08 bits per heavy atom. The molecule has 5 heteroatoms. The van der Waals surface area contributed by atoms with Crippen LogP contribution in [0.1, 0.15) is 0 Å². The van der Waals surface area contributed by atoms with E-state index in [9.17, 15) is 0 Å². The summed E-state index contributed by atoms with van der Waals surface area (Å²) in [5.41, 5.74) is 2.44. The molecule has 0 saturated carbocycles. The van der Waals surface area contributed by atoms with Crippen LogP contribution >= 0.6 is 0 Å². The second-order valence-corrected chi connectivity index (χ2v) is 7.00. The van der Waals surface area contributed by atoms with Crippen molar-refractivity contribution in [2.75, 3.05) is 33.7 Å². The van der Waals surface area contributed by atoms with Crippen LogP contribution in [0.2, 0.25) is 0 Å². The van der Waals surface area contributed by atoms with Gasteiger partial charge in [-0.05, 0) is 38.4 Å². The fourth-order valence-electron chi connectivity index (χ4n) is 3.66. The highest BCUT2D eigenvalue weighted by Crippen LogP contribution is 2.24. The van der Waals surface area contributed by atoms with E-state index in [1.165, 1.54) is 16.5 Å². The van der Waals surface area contributed by atoms with Crippen LogP contribution in [0.25, 0.3) is 22.3 Å². The van der Waals surface area contributed by atoms with Gasteiger partial charge in [0.15, 0.2) is 0 Å². The van der Waals surface area contributed by atoms with Crippen molar-refractivity contribution in [3.05, 3.63) is 42.9 Å². The fraction of sp³-hybridized carbons (Fsp3) is 0.421. The molecule has 1 unspecified atom stereocenters. The molecule has 0 radical (unpaired) electrons. The van der Waals surface area contributed by atoms with E-state index in [4.69, 9.17) is 0 Å². The molecule has 1 aliphatic rings. The number of aromatic nitrogens is 3. The fourth-order valence-corrected chi connectivity index (χ4v) is 3.66. The van der Waals surface area contributed by atoms with Crippen molar-refractivity contribution < 1.29 is 0 Å². The second kappa shape index (κ2) is 6.07. The summed E-state index contributed by atoms with van der Waals surface area (Å²) < 4.78 is 4.45. The van der Waals surface area contributed by atoms with Gasteiger partial charge in [-0.2, -0.15) is 0 Å². The highest BCUT2D eigenvalue weighted by molar-refractivity contribution is 5.84. The standard InChI is InChI=1S/C19H25N5/c1-21-10-11-22(2)17(13-21)14-24-9-7-20-19(24)16-4-5-18-15(12-16)6-8-23(18)3/h4-9,12,17H,10-11,13-14H2,1-3H3. The molecule has 0 spiro atoms. The highest BCUT2D eigenvalue weighted by atomic mass is 15.3. The molecule has 1 saturated heterocycles. The van der Waals surface area contributed by atoms with E-state index in [0.717, 1.165) is 32.0 Å². The van der Waals surface area contributed by atoms with E-state index in [1.807, 2.05) is 6.20 Å². The monoisotopic (exact) mass is 323 g/mol. The van der Waals surface area contributed by atoms with Gasteiger partial charge in [-0.3, -0.25) is 4.90 Å². The Labute approximate surface area is 143 Å². The largest absolute Gasteiger partial charge is 0.351 e. The molecule has 1 atom stereocenters. The predicted molar refractivity (Wildman–Crippen MR) is 98.1 cm³/mol. The van der Waals surface area contributed by atoms with E-state index >= 15 is 0 Å². The van der Waals surface area contributed by atoms with Crippen molar-refractivity contribution in [1.82, 2.24) is 23.9 Å². The minimum Gasteiger partial charge on any atom is -0.351 e. The van der Waals surface area contributed by atoms with Crippen LogP contribution in [0.15, 0.2) is 42.9 Å². The second-order valence-electron chi connectivity index (χ2n) is 7.00. The summed E-state index contributed by atoms with van der Waals surface area (Å²) in [5, 5.41) is 1.26. The van der Waals surface area contributed by atoms with Crippen LogP contribution in [0.4, 0.5) is 0 Å². The van der Waals surface area contributed by atoms with Gasteiger partial charge < -0.3 is 14.0 Å². The SMILES string of the molecule is CN1CCN(C)C(Cn2ccnc2-c2ccc3c(ccn3C)c2)C1. The van der Waals surface area contributed by atoms with Crippen LogP contribution in [0, 0.1) is 0 Å². The van der Waals surface area contributed by atoms with E-state index in [0.29, 0.717) is 6.04 Å². The lowest BCUT2D eigenvalue weighted by atomic mass is 10.1. The van der Waals surface area contributed by atoms with Gasteiger partial charge in [-0.15, -0.1) is 0 Å². The van der Waals surface area contributed by atoms with E-state index in [1.54, 1.807) is 0 Å². The van der Waals surface area contributed by atoms with Gasteiger partial charge >= 0.3 is 0 Å². The molecule has 2 aromatic heterocycles. The van der Waals surface area contributed by atoms with Crippen LogP contribution in [-0.2, 0) is 13.6 Å². The highest BCUT2D eigenvalue weighted by Gasteiger charge is 2.23. The first-order valence-electron chi connectivity index (χ1n) is 8.57. The Balaban J connectivity index is 1.63. The molecule has 3 aromatic rings. The predicted octanol–water partition coefficient (Wildman–Crippen LogP) is 2.29. The number of piperazine rings is 1. The zero-order valence-corrected chi connectivity index (χ0v) is 14.7. The summed E-state index contributed by atoms with van der Waals surface area (Å²) in [4.78, 5) is 9.51. The Kier molecular flexibility index (Phi) is 3.90. The zero-order valence-electron chi connectivity index (χ0n) is 14.7. The summed E-state index contributed by atoms with van der Waals surface area (Å²) in [6, 6.07) is 9.29. The summed E-state index contributed by atoms with van der Waals surface area (Å²) in [7, 11) is 6.51. The van der Waals surface area contributed by atoms with Crippen molar-refractivity contribution in [3.63, 3.8) is 0 Å². The summed E-state index contributed by atoms with van der Waals surface area (Å²) in [6.07, 6.45) is 6.12. The number of hydrogen-bond acceptors (Lipinski definition) is 3. The minimum absolute atomic E-state index is 0.525. The van der Waals surface area contributed by atoms with E-state index < -0.39 is 0 Å². The molecule has 0 aliphatic carbocycles. The molecule has 0 amide bonds. The Hall–Kier alpha value is -2.11. The third-order valence-corrected chi connectivity index (χ3v) is 5.25. The quantitative estimate of drug-likeness (QED) is 0.740. The molecular weight excluding hydrogens is 298 g/mol. The van der Waals surface area contributed by atoms with Crippen molar-refractivity contribution in [2.24, 2.45) is 7.05 Å². The molecule has 1 fully saturated rings. The first-order chi connectivity index (χ1) is 11.6. The van der Waals surface area contributed by atoms with Crippen LogP contribution in [0.3, 0.4) is 0 Å². The molecule has 1 aromatic carbocycles. The van der Waals surface area contributed by atoms with Gasteiger partial charge in [0.1, 0.15) is 5.82 Å². The molecular formula is C19H25N5. The van der Waals surface area contributed by atoms with Gasteiger partial charge in [0.05, 0.1) is 0 Å². The number of fused-ring (bicyclic) bond motifs is 1. The number of nitrogens with zero attached hydrogens (tertiary/aromatic N) is 5. The molecule has 0 bridgehead atoms. The van der Waals surface area contributed by atoms with Crippen LogP contribution < -0.4 is 0 Å². The number of rotatable bonds is 3. The normalized spacial score (nSPS) is 20.0. The zero-order chi connectivity index (χ0) is 16.7. The van der Waals surface area contributed by atoms with E-state index in [2.05, 4.69) is 81.7 Å². The molecule has 0 N–H and O–H groups in total. The van der Waals surface area contributed by atoms with Crippen LogP contribution in [-0.4, -0.2) is 63.7 Å². The lowest BCUT2D eigenvalue weighted by Crippen LogP contribution is -2.51. The number of benzene rings is 1. The summed E-state index contributed by atoms with van der Waals surface area (Å²) >= 11 is 0. The van der Waals surface area contributed by atoms with Crippen molar-refractivity contribution in [2.45, 2.75) is 12.6 Å². The third-order valence-electron chi connectivity index (χ3n) is 5.25. The average molecular weight is 323 g/mol. The number of hydrogen-bond donors (Lipinski definition) is 0. The van der Waals surface area contributed by atoms with Gasteiger partial charge in [0.25, 0.3) is 0 Å². The third kappa shape index (κ3) is 2.74. The number of imidazole rings is 1. The summed E-state index contributed by atoms with van der Waals surface area (Å²) in [5.74, 6) is 1.06. The van der Waals surface area contributed by atoms with Gasteiger partial charge in [-0.1, -0.05) is 0 Å². The molecule has 126 valence electrons. The molecule has 3 heterocycles. The molecule has 4 rings (SSSR count). The Morgan fingerprint density at radius 2 is 1.96 bits per heavy atom. The topological polar surface area (TPSA) is 29.2 Å². The first kappa shape index (κ1) is 15.4. The van der Waals surface area contributed by atoms with Crippen molar-refractivity contribution in [3.8, 4) is 11.4 Å². The average Bonchev–Trinajstić information content (AvgIpc) is 3.18. The Morgan fingerprint density at radius 3 is 2.83 bits per heavy atom. The maximum Gasteiger partial charge on any atom is 0.139 e. The minimum atomic E-state index is 0.525. The van der Waals surface area contributed by atoms with Crippen molar-refractivity contribution in [1.29, 1.82) is 0 Å². The van der Waals surface area contributed by atoms with Gasteiger partial charge in [0, 0.05) is 74.3 Å². The van der Waals surface area contributed by atoms with Gasteiger partial charge in [-0.25, -0.2) is 4.98 Å². The van der Waals surface area contributed by atoms with Crippen molar-refractivity contribution >= 4 is 10.9 Å². The van der Waals surface area contributed by atoms with E-state index in [-0.39, 0.29) is 0 Å². The lowest BCUT2D eigenvalue weighted by Gasteiger charge is -2.38. The number of likely N-dealkylation sites (N-methyl/N-ethyl adjacent to an activating group) is 2. The lowest BCUT2D eigenvalue weighted by molar-refractivity contribution is 0.103. The van der Waals surface area contributed by atoms with Gasteiger partial charge in [0.2, 0.25) is 0 Å². The smallest absolute Gasteiger partial charge is 0.139 e.